The first kappa shape index (κ1) is 15.4. The molecule has 7 heteroatoms. The molecule has 0 aliphatic carbocycles. The maximum Gasteiger partial charge on any atom is 0.173 e. The minimum absolute atomic E-state index is 0.159. The van der Waals surface area contributed by atoms with Gasteiger partial charge in [-0.15, -0.1) is 0 Å². The van der Waals surface area contributed by atoms with Crippen molar-refractivity contribution in [1.82, 2.24) is 9.97 Å². The first-order chi connectivity index (χ1) is 8.63. The number of aromatic amines is 1. The van der Waals surface area contributed by atoms with Crippen LogP contribution in [0.15, 0.2) is 22.8 Å². The van der Waals surface area contributed by atoms with Gasteiger partial charge in [-0.2, -0.15) is 5.26 Å². The lowest BCUT2D eigenvalue weighted by Crippen LogP contribution is -1.87. The quantitative estimate of drug-likeness (QED) is 0.520. The summed E-state index contributed by atoms with van der Waals surface area (Å²) in [7, 11) is 0. The van der Waals surface area contributed by atoms with Gasteiger partial charge in [0.1, 0.15) is 22.3 Å². The van der Waals surface area contributed by atoms with E-state index in [1.54, 1.807) is 6.07 Å². The number of nitriles is 1. The van der Waals surface area contributed by atoms with E-state index in [2.05, 4.69) is 48.5 Å². The number of imidazole rings is 1. The molecule has 0 fully saturated rings. The highest BCUT2D eigenvalue weighted by Crippen LogP contribution is 2.30. The molecule has 0 amide bonds. The predicted octanol–water partition coefficient (Wildman–Crippen LogP) is 4.55. The maximum absolute atomic E-state index is 13.5. The smallest absolute Gasteiger partial charge is 0.173 e. The van der Waals surface area contributed by atoms with Crippen LogP contribution in [0.4, 0.5) is 4.39 Å². The lowest BCUT2D eigenvalue weighted by molar-refractivity contribution is 0.630. The number of alkyl halides is 1. The third-order valence-corrected chi connectivity index (χ3v) is 2.85. The number of hydrogen-bond donors (Lipinski definition) is 1. The van der Waals surface area contributed by atoms with Crippen LogP contribution in [-0.4, -0.2) is 14.9 Å². The molecule has 0 aliphatic rings. The number of nitrogens with one attached hydrogen (secondary N) is 1. The standard InChI is InChI=1S/C10H4BrClFN3.CH3I/c11-9-7(4-14)15-10(16-9)8-5(12)2-1-3-6(8)13;1-2/h1-3H,(H,15,16);1H3. The van der Waals surface area contributed by atoms with Crippen LogP contribution < -0.4 is 0 Å². The van der Waals surface area contributed by atoms with Gasteiger partial charge in [0, 0.05) is 0 Å². The molecule has 0 unspecified atom stereocenters. The summed E-state index contributed by atoms with van der Waals surface area (Å²) in [6, 6.07) is 6.21. The molecule has 0 atom stereocenters. The Morgan fingerprint density at radius 3 is 2.67 bits per heavy atom. The molecule has 0 radical (unpaired) electrons. The zero-order valence-electron chi connectivity index (χ0n) is 9.14. The Bertz CT molecular complexity index is 574. The second kappa shape index (κ2) is 7.07. The van der Waals surface area contributed by atoms with Crippen molar-refractivity contribution in [2.24, 2.45) is 0 Å². The summed E-state index contributed by atoms with van der Waals surface area (Å²) in [5.74, 6) is -0.259. The van der Waals surface area contributed by atoms with Gasteiger partial charge < -0.3 is 4.98 Å². The molecule has 94 valence electrons. The van der Waals surface area contributed by atoms with Gasteiger partial charge in [0.25, 0.3) is 0 Å². The number of rotatable bonds is 1. The molecule has 3 nitrogen and oxygen atoms in total. The van der Waals surface area contributed by atoms with E-state index in [1.807, 2.05) is 11.0 Å². The van der Waals surface area contributed by atoms with Gasteiger partial charge in [0.2, 0.25) is 0 Å². The van der Waals surface area contributed by atoms with Crippen molar-refractivity contribution in [2.45, 2.75) is 0 Å². The van der Waals surface area contributed by atoms with E-state index in [9.17, 15) is 4.39 Å². The van der Waals surface area contributed by atoms with Crippen LogP contribution >= 0.6 is 50.1 Å². The predicted molar refractivity (Wildman–Crippen MR) is 81.4 cm³/mol. The summed E-state index contributed by atoms with van der Waals surface area (Å²) in [5.41, 5.74) is 0.320. The molecule has 1 heterocycles. The number of nitrogens with zero attached hydrogens (tertiary/aromatic N) is 2. The van der Waals surface area contributed by atoms with E-state index in [1.165, 1.54) is 12.1 Å². The van der Waals surface area contributed by atoms with E-state index in [0.717, 1.165) is 0 Å². The second-order valence-electron chi connectivity index (χ2n) is 2.96. The fraction of sp³-hybridized carbons (Fsp3) is 0.0909. The molecule has 2 rings (SSSR count). The van der Waals surface area contributed by atoms with Crippen molar-refractivity contribution in [2.75, 3.05) is 4.93 Å². The molecule has 0 saturated heterocycles. The van der Waals surface area contributed by atoms with Crippen LogP contribution in [-0.2, 0) is 0 Å². The molecule has 2 aromatic rings. The summed E-state index contributed by atoms with van der Waals surface area (Å²) in [6.45, 7) is 0. The van der Waals surface area contributed by atoms with Gasteiger partial charge in [-0.1, -0.05) is 40.3 Å². The summed E-state index contributed by atoms with van der Waals surface area (Å²) < 4.78 is 13.9. The molecular formula is C11H7BrClFIN3. The van der Waals surface area contributed by atoms with E-state index < -0.39 is 5.82 Å². The minimum Gasteiger partial charge on any atom is -0.331 e. The fourth-order valence-electron chi connectivity index (χ4n) is 1.27. The monoisotopic (exact) mass is 441 g/mol. The fourth-order valence-corrected chi connectivity index (χ4v) is 1.89. The average Bonchev–Trinajstić information content (AvgIpc) is 2.72. The van der Waals surface area contributed by atoms with Gasteiger partial charge in [-0.3, -0.25) is 0 Å². The molecule has 1 N–H and O–H groups in total. The Labute approximate surface area is 131 Å². The highest BCUT2D eigenvalue weighted by molar-refractivity contribution is 14.1. The highest BCUT2D eigenvalue weighted by atomic mass is 127. The Kier molecular flexibility index (Phi) is 6.05. The van der Waals surface area contributed by atoms with Crippen LogP contribution in [0.1, 0.15) is 5.69 Å². The third-order valence-electron chi connectivity index (χ3n) is 1.97. The van der Waals surface area contributed by atoms with E-state index >= 15 is 0 Å². The van der Waals surface area contributed by atoms with Gasteiger partial charge in [-0.05, 0) is 33.0 Å². The van der Waals surface area contributed by atoms with Crippen LogP contribution in [0, 0.1) is 17.1 Å². The molecule has 0 saturated carbocycles. The van der Waals surface area contributed by atoms with Crippen molar-refractivity contribution in [3.8, 4) is 17.5 Å². The van der Waals surface area contributed by atoms with Crippen LogP contribution in [0.2, 0.25) is 5.02 Å². The second-order valence-corrected chi connectivity index (χ2v) is 4.16. The SMILES string of the molecule is CI.N#Cc1nc(-c2c(F)cccc2Cl)[nH]c1Br. The summed E-state index contributed by atoms with van der Waals surface area (Å²) >= 11 is 11.1. The van der Waals surface area contributed by atoms with Gasteiger partial charge in [-0.25, -0.2) is 9.37 Å². The first-order valence-electron chi connectivity index (χ1n) is 4.61. The van der Waals surface area contributed by atoms with E-state index in [0.29, 0.717) is 4.60 Å². The van der Waals surface area contributed by atoms with E-state index in [-0.39, 0.29) is 22.1 Å². The first-order valence-corrected chi connectivity index (χ1v) is 7.94. The van der Waals surface area contributed by atoms with Gasteiger partial charge >= 0.3 is 0 Å². The number of halogens is 4. The van der Waals surface area contributed by atoms with Gasteiger partial charge in [0.05, 0.1) is 10.6 Å². The normalized spacial score (nSPS) is 9.33. The maximum atomic E-state index is 13.5. The lowest BCUT2D eigenvalue weighted by Gasteiger charge is -2.01. The van der Waals surface area contributed by atoms with Gasteiger partial charge in [0.15, 0.2) is 5.69 Å². The number of hydrogen-bond acceptors (Lipinski definition) is 2. The van der Waals surface area contributed by atoms with Crippen molar-refractivity contribution >= 4 is 50.1 Å². The summed E-state index contributed by atoms with van der Waals surface area (Å²) in [5, 5.41) is 8.97. The number of H-pyrrole nitrogens is 1. The molecule has 0 spiro atoms. The van der Waals surface area contributed by atoms with Crippen molar-refractivity contribution in [1.29, 1.82) is 5.26 Å². The molecular weight excluding hydrogens is 435 g/mol. The molecule has 1 aromatic heterocycles. The minimum atomic E-state index is -0.488. The molecule has 18 heavy (non-hydrogen) atoms. The molecule has 0 aliphatic heterocycles. The Morgan fingerprint density at radius 2 is 2.17 bits per heavy atom. The summed E-state index contributed by atoms with van der Waals surface area (Å²) in [6.07, 6.45) is 0. The van der Waals surface area contributed by atoms with Crippen LogP contribution in [0.5, 0.6) is 0 Å². The number of benzene rings is 1. The van der Waals surface area contributed by atoms with Crippen molar-refractivity contribution in [3.63, 3.8) is 0 Å². The zero-order valence-corrected chi connectivity index (χ0v) is 13.6. The molecule has 0 bridgehead atoms. The number of aromatic nitrogens is 2. The molecule has 1 aromatic carbocycles. The summed E-state index contributed by atoms with van der Waals surface area (Å²) in [4.78, 5) is 8.65. The third kappa shape index (κ3) is 3.22. The average molecular weight is 442 g/mol. The van der Waals surface area contributed by atoms with Crippen LogP contribution in [0.3, 0.4) is 0 Å². The Balaban J connectivity index is 0.000000771. The zero-order chi connectivity index (χ0) is 13.7. The highest BCUT2D eigenvalue weighted by Gasteiger charge is 2.15. The Morgan fingerprint density at radius 1 is 1.50 bits per heavy atom. The Hall–Kier alpha value is -0.650. The van der Waals surface area contributed by atoms with Crippen LogP contribution in [0.25, 0.3) is 11.4 Å². The van der Waals surface area contributed by atoms with Crippen molar-refractivity contribution < 1.29 is 4.39 Å². The van der Waals surface area contributed by atoms with E-state index in [4.69, 9.17) is 16.9 Å². The largest absolute Gasteiger partial charge is 0.331 e. The lowest BCUT2D eigenvalue weighted by atomic mass is 10.2. The van der Waals surface area contributed by atoms with Crippen molar-refractivity contribution in [3.05, 3.63) is 39.3 Å². The topological polar surface area (TPSA) is 52.5 Å².